The number of thiazole rings is 1. The van der Waals surface area contributed by atoms with Gasteiger partial charge >= 0.3 is 0 Å². The number of sulfone groups is 1. The van der Waals surface area contributed by atoms with Crippen molar-refractivity contribution >= 4 is 38.5 Å². The second-order valence-corrected chi connectivity index (χ2v) is 11.1. The minimum absolute atomic E-state index is 0.203. The Kier molecular flexibility index (Phi) is 6.31. The molecule has 0 bridgehead atoms. The van der Waals surface area contributed by atoms with Crippen LogP contribution in [-0.2, 0) is 19.4 Å². The summed E-state index contributed by atoms with van der Waals surface area (Å²) in [5.41, 5.74) is 0.779. The quantitative estimate of drug-likeness (QED) is 0.621. The summed E-state index contributed by atoms with van der Waals surface area (Å²) in [7, 11) is -3.26. The van der Waals surface area contributed by atoms with Crippen LogP contribution >= 0.6 is 11.3 Å². The average Bonchev–Trinajstić information content (AvgIpc) is 3.54. The molecule has 1 aromatic carbocycles. The van der Waals surface area contributed by atoms with Gasteiger partial charge in [0.2, 0.25) is 5.91 Å². The molecule has 2 fully saturated rings. The second kappa shape index (κ2) is 8.95. The van der Waals surface area contributed by atoms with E-state index in [0.717, 1.165) is 42.6 Å². The minimum Gasteiger partial charge on any atom is -0.381 e. The fraction of sp³-hybridized carbons (Fsp3) is 0.476. The maximum atomic E-state index is 13.1. The van der Waals surface area contributed by atoms with E-state index in [1.54, 1.807) is 24.3 Å². The van der Waals surface area contributed by atoms with E-state index in [4.69, 9.17) is 4.74 Å². The van der Waals surface area contributed by atoms with Crippen molar-refractivity contribution in [2.75, 3.05) is 18.5 Å². The monoisotopic (exact) mass is 448 g/mol. The normalized spacial score (nSPS) is 18.7. The Hall–Kier alpha value is -2.10. The smallest absolute Gasteiger partial charge is 0.233 e. The summed E-state index contributed by atoms with van der Waals surface area (Å²) < 4.78 is 30.4. The van der Waals surface area contributed by atoms with Gasteiger partial charge in [-0.2, -0.15) is 0 Å². The van der Waals surface area contributed by atoms with Gasteiger partial charge in [0, 0.05) is 13.2 Å². The van der Waals surface area contributed by atoms with Crippen LogP contribution in [0.5, 0.6) is 0 Å². The number of amides is 1. The van der Waals surface area contributed by atoms with E-state index >= 15 is 0 Å². The molecule has 30 heavy (non-hydrogen) atoms. The Labute approximate surface area is 179 Å². The lowest BCUT2D eigenvalue weighted by molar-refractivity contribution is -0.118. The van der Waals surface area contributed by atoms with Crippen molar-refractivity contribution in [3.63, 3.8) is 0 Å². The summed E-state index contributed by atoms with van der Waals surface area (Å²) in [6.45, 7) is 1.37. The van der Waals surface area contributed by atoms with Gasteiger partial charge in [-0.3, -0.25) is 9.59 Å². The molecule has 160 valence electrons. The molecule has 0 spiro atoms. The highest BCUT2D eigenvalue weighted by Crippen LogP contribution is 2.35. The number of nitrogens with zero attached hydrogens (tertiary/aromatic N) is 1. The number of hydrogen-bond donors (Lipinski definition) is 1. The first kappa shape index (κ1) is 21.1. The van der Waals surface area contributed by atoms with Crippen molar-refractivity contribution in [3.8, 4) is 0 Å². The fourth-order valence-electron chi connectivity index (χ4n) is 3.76. The standard InChI is InChI=1S/C21H24N2O5S2/c24-13-16-12-22-21(29-16)23-20(25)19(11-14-7-9-28-10-8-14)15-1-3-17(4-2-15)30(26,27)18-5-6-18/h1-4,12-14,18-19H,5-11H2,(H,22,23,25). The predicted molar refractivity (Wildman–Crippen MR) is 114 cm³/mol. The maximum Gasteiger partial charge on any atom is 0.233 e. The Morgan fingerprint density at radius 3 is 2.50 bits per heavy atom. The van der Waals surface area contributed by atoms with Crippen LogP contribution in [0.4, 0.5) is 5.13 Å². The lowest BCUT2D eigenvalue weighted by atomic mass is 9.84. The molecule has 2 aliphatic rings. The van der Waals surface area contributed by atoms with Crippen LogP contribution in [0.15, 0.2) is 35.4 Å². The topological polar surface area (TPSA) is 102 Å². The van der Waals surface area contributed by atoms with Gasteiger partial charge in [-0.1, -0.05) is 23.5 Å². The molecule has 1 N–H and O–H groups in total. The van der Waals surface area contributed by atoms with E-state index in [0.29, 0.717) is 46.7 Å². The zero-order valence-corrected chi connectivity index (χ0v) is 18.1. The first-order chi connectivity index (χ1) is 14.5. The number of carbonyl (C=O) groups is 2. The number of aromatic nitrogens is 1. The van der Waals surface area contributed by atoms with Crippen LogP contribution in [0.2, 0.25) is 0 Å². The Morgan fingerprint density at radius 1 is 1.20 bits per heavy atom. The van der Waals surface area contributed by atoms with Crippen LogP contribution in [0, 0.1) is 5.92 Å². The average molecular weight is 449 g/mol. The van der Waals surface area contributed by atoms with E-state index in [2.05, 4.69) is 10.3 Å². The van der Waals surface area contributed by atoms with E-state index in [9.17, 15) is 18.0 Å². The van der Waals surface area contributed by atoms with Gasteiger partial charge in [0.1, 0.15) is 0 Å². The molecule has 1 aliphatic heterocycles. The molecule has 1 aromatic heterocycles. The summed E-state index contributed by atoms with van der Waals surface area (Å²) in [6, 6.07) is 6.72. The molecule has 1 unspecified atom stereocenters. The number of ether oxygens (including phenoxy) is 1. The third-order valence-corrected chi connectivity index (χ3v) is 8.79. The molecule has 1 saturated heterocycles. The Balaban J connectivity index is 1.55. The van der Waals surface area contributed by atoms with E-state index in [1.807, 2.05) is 0 Å². The van der Waals surface area contributed by atoms with E-state index < -0.39 is 15.8 Å². The molecule has 1 aliphatic carbocycles. The highest BCUT2D eigenvalue weighted by atomic mass is 32.2. The SMILES string of the molecule is O=Cc1cnc(NC(=O)C(CC2CCOCC2)c2ccc(S(=O)(=O)C3CC3)cc2)s1. The van der Waals surface area contributed by atoms with Crippen molar-refractivity contribution in [2.45, 2.75) is 48.2 Å². The van der Waals surface area contributed by atoms with Crippen LogP contribution < -0.4 is 5.32 Å². The molecule has 1 amide bonds. The molecule has 9 heteroatoms. The summed E-state index contributed by atoms with van der Waals surface area (Å²) in [5.74, 6) is -0.286. The van der Waals surface area contributed by atoms with E-state index in [1.165, 1.54) is 6.20 Å². The Bertz CT molecular complexity index is 1010. The number of carbonyl (C=O) groups excluding carboxylic acids is 2. The van der Waals surface area contributed by atoms with Gasteiger partial charge in [-0.05, 0) is 55.7 Å². The predicted octanol–water partition coefficient (Wildman–Crippen LogP) is 3.43. The zero-order chi connectivity index (χ0) is 21.1. The van der Waals surface area contributed by atoms with Gasteiger partial charge in [0.15, 0.2) is 21.3 Å². The molecular weight excluding hydrogens is 424 g/mol. The molecule has 0 radical (unpaired) electrons. The zero-order valence-electron chi connectivity index (χ0n) is 16.5. The number of benzene rings is 1. The molecule has 7 nitrogen and oxygen atoms in total. The van der Waals surface area contributed by atoms with Crippen molar-refractivity contribution in [3.05, 3.63) is 40.9 Å². The minimum atomic E-state index is -3.26. The lowest BCUT2D eigenvalue weighted by Crippen LogP contribution is -2.26. The van der Waals surface area contributed by atoms with Crippen LogP contribution in [-0.4, -0.2) is 44.1 Å². The van der Waals surface area contributed by atoms with Crippen molar-refractivity contribution in [1.29, 1.82) is 0 Å². The van der Waals surface area contributed by atoms with Crippen molar-refractivity contribution in [1.82, 2.24) is 4.98 Å². The lowest BCUT2D eigenvalue weighted by Gasteiger charge is -2.26. The highest BCUT2D eigenvalue weighted by molar-refractivity contribution is 7.92. The molecule has 2 heterocycles. The van der Waals surface area contributed by atoms with Gasteiger partial charge in [-0.25, -0.2) is 13.4 Å². The first-order valence-corrected chi connectivity index (χ1v) is 12.5. The van der Waals surface area contributed by atoms with Gasteiger partial charge in [0.05, 0.1) is 27.1 Å². The number of aldehydes is 1. The summed E-state index contributed by atoms with van der Waals surface area (Å²) in [6.07, 6.45) is 6.00. The molecule has 2 aromatic rings. The largest absolute Gasteiger partial charge is 0.381 e. The fourth-order valence-corrected chi connectivity index (χ4v) is 6.05. The molecular formula is C21H24N2O5S2. The van der Waals surface area contributed by atoms with Gasteiger partial charge < -0.3 is 10.1 Å². The summed E-state index contributed by atoms with van der Waals surface area (Å²) in [5, 5.41) is 2.94. The summed E-state index contributed by atoms with van der Waals surface area (Å²) >= 11 is 1.13. The molecule has 1 atom stereocenters. The number of nitrogens with one attached hydrogen (secondary N) is 1. The summed E-state index contributed by atoms with van der Waals surface area (Å²) in [4.78, 5) is 28.8. The van der Waals surface area contributed by atoms with Gasteiger partial charge in [0.25, 0.3) is 0 Å². The first-order valence-electron chi connectivity index (χ1n) is 10.1. The van der Waals surface area contributed by atoms with Crippen LogP contribution in [0.3, 0.4) is 0 Å². The van der Waals surface area contributed by atoms with Crippen molar-refractivity contribution < 1.29 is 22.7 Å². The number of hydrogen-bond acceptors (Lipinski definition) is 7. The number of anilines is 1. The van der Waals surface area contributed by atoms with Crippen molar-refractivity contribution in [2.24, 2.45) is 5.92 Å². The number of rotatable bonds is 8. The van der Waals surface area contributed by atoms with Crippen LogP contribution in [0.1, 0.15) is 53.3 Å². The molecule has 4 rings (SSSR count). The van der Waals surface area contributed by atoms with Gasteiger partial charge in [-0.15, -0.1) is 0 Å². The third kappa shape index (κ3) is 4.79. The van der Waals surface area contributed by atoms with Crippen LogP contribution in [0.25, 0.3) is 0 Å². The van der Waals surface area contributed by atoms with E-state index in [-0.39, 0.29) is 11.2 Å². The Morgan fingerprint density at radius 2 is 1.90 bits per heavy atom. The second-order valence-electron chi connectivity index (χ2n) is 7.83. The molecule has 1 saturated carbocycles. The maximum absolute atomic E-state index is 13.1. The third-order valence-electron chi connectivity index (χ3n) is 5.67. The highest BCUT2D eigenvalue weighted by Gasteiger charge is 2.37.